The Bertz CT molecular complexity index is 3800. The van der Waals surface area contributed by atoms with Gasteiger partial charge in [0.15, 0.2) is 22.3 Å². The standard InChI is InChI=1S/C20H20N6O3.C12H16.C11H14O.C9H8N6O3.C8H9BrO/c1-24-11-21-18-17(24)19(27)25(12-22-18)10-16-23-26(20(28)29-16)9-8-13-2-4-14(5-3-13)15-6-7-15;1-2-3-10-4-6-11(7-5-10)12-8-9-12;12-8-7-9-1-3-10(4-2-9)11-5-6-11;1-14-3-10-7-6(14)8(16)15(4-11-7)2-5-12-13-9(17)18-5;9-8-3-1-7(2-4-8)5-6-10/h2-5,11-12,15H,6-10H2,1H3;4-7,12H,2-3,8-9H2,1H3;1-4,11-12H,5-8H2;3-4H,2H2,1H3,(H,13,17);1-4,10H,5-6H2. The summed E-state index contributed by atoms with van der Waals surface area (Å²) in [6.45, 7) is 3.19. The van der Waals surface area contributed by atoms with E-state index in [1.165, 1.54) is 118 Å². The van der Waals surface area contributed by atoms with Gasteiger partial charge in [0.2, 0.25) is 11.8 Å². The molecule has 3 saturated carbocycles. The van der Waals surface area contributed by atoms with Gasteiger partial charge < -0.3 is 28.2 Å². The molecule has 10 aromatic rings. The van der Waals surface area contributed by atoms with Gasteiger partial charge in [-0.05, 0) is 133 Å². The molecule has 81 heavy (non-hydrogen) atoms. The predicted molar refractivity (Wildman–Crippen MR) is 310 cm³/mol. The molecule has 3 fully saturated rings. The van der Waals surface area contributed by atoms with Gasteiger partial charge >= 0.3 is 11.5 Å². The smallest absolute Gasteiger partial charge is 0.396 e. The van der Waals surface area contributed by atoms with Crippen LogP contribution < -0.4 is 22.6 Å². The fourth-order valence-electron chi connectivity index (χ4n) is 9.10. The third-order valence-corrected chi connectivity index (χ3v) is 14.6. The third kappa shape index (κ3) is 16.0. The summed E-state index contributed by atoms with van der Waals surface area (Å²) >= 11 is 3.33. The number of nitrogens with zero attached hydrogens (tertiary/aromatic N) is 11. The first-order chi connectivity index (χ1) is 39.4. The van der Waals surface area contributed by atoms with Crippen molar-refractivity contribution in [1.29, 1.82) is 0 Å². The van der Waals surface area contributed by atoms with Crippen LogP contribution in [0.5, 0.6) is 0 Å². The van der Waals surface area contributed by atoms with Gasteiger partial charge in [-0.1, -0.05) is 114 Å². The van der Waals surface area contributed by atoms with E-state index in [1.54, 1.807) is 28.8 Å². The van der Waals surface area contributed by atoms with E-state index in [1.807, 2.05) is 24.3 Å². The average molecular weight is 1160 g/mol. The largest absolute Gasteiger partial charge is 0.437 e. The van der Waals surface area contributed by atoms with Crippen LogP contribution in [0.15, 0.2) is 155 Å². The molecule has 0 saturated heterocycles. The molecule has 0 bridgehead atoms. The van der Waals surface area contributed by atoms with Crippen molar-refractivity contribution in [2.45, 2.75) is 115 Å². The number of fused-ring (bicyclic) bond motifs is 2. The minimum absolute atomic E-state index is 0.0330. The second-order valence-corrected chi connectivity index (χ2v) is 21.4. The molecular weight excluding hydrogens is 1100 g/mol. The van der Waals surface area contributed by atoms with Crippen molar-refractivity contribution < 1.29 is 19.0 Å². The van der Waals surface area contributed by atoms with Crippen molar-refractivity contribution in [3.8, 4) is 0 Å². The van der Waals surface area contributed by atoms with Gasteiger partial charge in [-0.25, -0.2) is 34.6 Å². The topological polar surface area (TPSA) is 253 Å². The number of rotatable bonds is 16. The fourth-order valence-corrected chi connectivity index (χ4v) is 9.36. The summed E-state index contributed by atoms with van der Waals surface area (Å²) in [6.07, 6.45) is 18.6. The molecule has 13 rings (SSSR count). The van der Waals surface area contributed by atoms with E-state index >= 15 is 0 Å². The van der Waals surface area contributed by atoms with Crippen LogP contribution in [0, 0.1) is 0 Å². The van der Waals surface area contributed by atoms with Gasteiger partial charge in [0, 0.05) is 31.8 Å². The van der Waals surface area contributed by atoms with E-state index in [4.69, 9.17) is 19.0 Å². The molecule has 6 aromatic heterocycles. The molecular formula is C60H67BrN12O8. The van der Waals surface area contributed by atoms with Gasteiger partial charge in [-0.3, -0.25) is 18.7 Å². The molecule has 0 amide bonds. The lowest BCUT2D eigenvalue weighted by Gasteiger charge is -2.03. The Balaban J connectivity index is 0.000000131. The number of aliphatic hydroxyl groups is 2. The fraction of sp³-hybridized carbons (Fsp3) is 0.367. The van der Waals surface area contributed by atoms with Crippen molar-refractivity contribution in [2.75, 3.05) is 13.2 Å². The summed E-state index contributed by atoms with van der Waals surface area (Å²) in [5.74, 6) is 1.57. The number of benzene rings is 4. The van der Waals surface area contributed by atoms with Crippen LogP contribution in [0.1, 0.15) is 120 Å². The van der Waals surface area contributed by atoms with Crippen LogP contribution in [-0.4, -0.2) is 81.6 Å². The molecule has 4 aromatic carbocycles. The molecule has 0 atom stereocenters. The molecule has 0 spiro atoms. The van der Waals surface area contributed by atoms with E-state index in [9.17, 15) is 19.2 Å². The van der Waals surface area contributed by atoms with Gasteiger partial charge in [0.05, 0.1) is 19.2 Å². The highest BCUT2D eigenvalue weighted by Gasteiger charge is 2.24. The molecule has 3 aliphatic carbocycles. The summed E-state index contributed by atoms with van der Waals surface area (Å²) in [5, 5.41) is 27.3. The number of aryl methyl sites for hydroxylation is 5. The maximum atomic E-state index is 12.6. The van der Waals surface area contributed by atoms with E-state index in [-0.39, 0.29) is 49.2 Å². The third-order valence-electron chi connectivity index (χ3n) is 14.1. The maximum Gasteiger partial charge on any atom is 0.437 e. The van der Waals surface area contributed by atoms with Crippen molar-refractivity contribution in [1.82, 2.24) is 58.2 Å². The maximum absolute atomic E-state index is 12.6. The number of aromatic amines is 1. The number of H-pyrrole nitrogens is 1. The molecule has 0 radical (unpaired) electrons. The van der Waals surface area contributed by atoms with E-state index in [2.05, 4.69) is 131 Å². The summed E-state index contributed by atoms with van der Waals surface area (Å²) in [7, 11) is 3.44. The molecule has 20 nitrogen and oxygen atoms in total. The number of hydrogen-bond donors (Lipinski definition) is 3. The summed E-state index contributed by atoms with van der Waals surface area (Å²) in [6, 6.07) is 34.3. The lowest BCUT2D eigenvalue weighted by atomic mass is 10.1. The number of halogens is 1. The zero-order valence-electron chi connectivity index (χ0n) is 45.7. The molecule has 3 N–H and O–H groups in total. The predicted octanol–water partition coefficient (Wildman–Crippen LogP) is 7.90. The minimum atomic E-state index is -0.660. The molecule has 6 heterocycles. The van der Waals surface area contributed by atoms with E-state index in [0.717, 1.165) is 40.6 Å². The zero-order chi connectivity index (χ0) is 56.8. The lowest BCUT2D eigenvalue weighted by Crippen LogP contribution is -2.22. The molecule has 21 heteroatoms. The van der Waals surface area contributed by atoms with Crippen LogP contribution in [0.25, 0.3) is 22.3 Å². The second-order valence-electron chi connectivity index (χ2n) is 20.5. The van der Waals surface area contributed by atoms with Crippen molar-refractivity contribution in [3.63, 3.8) is 0 Å². The molecule has 422 valence electrons. The Labute approximate surface area is 475 Å². The first-order valence-corrected chi connectivity index (χ1v) is 28.2. The molecule has 0 aliphatic heterocycles. The number of aromatic nitrogens is 12. The van der Waals surface area contributed by atoms with Crippen molar-refractivity contribution in [2.24, 2.45) is 14.1 Å². The Kier molecular flexibility index (Phi) is 19.4. The minimum Gasteiger partial charge on any atom is -0.396 e. The van der Waals surface area contributed by atoms with Crippen LogP contribution >= 0.6 is 15.9 Å². The second kappa shape index (κ2) is 27.3. The van der Waals surface area contributed by atoms with Crippen molar-refractivity contribution >= 4 is 38.3 Å². The van der Waals surface area contributed by atoms with Crippen LogP contribution in [-0.2, 0) is 59.4 Å². The first kappa shape index (κ1) is 57.5. The normalized spacial score (nSPS) is 13.6. The van der Waals surface area contributed by atoms with Gasteiger partial charge in [0.25, 0.3) is 11.1 Å². The van der Waals surface area contributed by atoms with Gasteiger partial charge in [-0.2, -0.15) is 4.68 Å². The number of aliphatic hydroxyl groups excluding tert-OH is 2. The zero-order valence-corrected chi connectivity index (χ0v) is 47.3. The Hall–Kier alpha value is -8.14. The SMILES string of the molecule is CCCc1ccc(C2CC2)cc1.Cn1cnc2ncn(Cc3n[nH]c(=O)o3)c(=O)c21.Cn1cnc2ncn(Cc3nn(CCc4ccc(C5CC5)cc4)c(=O)o3)c(=O)c21.OCCc1ccc(Br)cc1.OCCc1ccc(C2CC2)cc1. The monoisotopic (exact) mass is 1160 g/mol. The number of hydrogen-bond acceptors (Lipinski definition) is 14. The Morgan fingerprint density at radius 3 is 1.36 bits per heavy atom. The number of nitrogens with one attached hydrogen (secondary N) is 1. The highest BCUT2D eigenvalue weighted by Crippen LogP contribution is 2.41. The quantitative estimate of drug-likeness (QED) is 0.0832. The lowest BCUT2D eigenvalue weighted by molar-refractivity contribution is 0.299. The Morgan fingerprint density at radius 1 is 0.543 bits per heavy atom. The van der Waals surface area contributed by atoms with Gasteiger partial charge in [-0.15, -0.1) is 10.2 Å². The van der Waals surface area contributed by atoms with Crippen LogP contribution in [0.4, 0.5) is 0 Å². The summed E-state index contributed by atoms with van der Waals surface area (Å²) < 4.78 is 18.2. The van der Waals surface area contributed by atoms with Crippen molar-refractivity contribution in [3.05, 3.63) is 219 Å². The number of imidazole rings is 2. The van der Waals surface area contributed by atoms with Crippen LogP contribution in [0.2, 0.25) is 0 Å². The highest BCUT2D eigenvalue weighted by molar-refractivity contribution is 9.10. The Morgan fingerprint density at radius 2 is 0.951 bits per heavy atom. The highest BCUT2D eigenvalue weighted by atomic mass is 79.9. The molecule has 0 unspecified atom stereocenters. The van der Waals surface area contributed by atoms with Gasteiger partial charge in [0.1, 0.15) is 25.7 Å². The summed E-state index contributed by atoms with van der Waals surface area (Å²) in [4.78, 5) is 63.9. The first-order valence-electron chi connectivity index (χ1n) is 27.4. The molecule has 3 aliphatic rings. The van der Waals surface area contributed by atoms with E-state index in [0.29, 0.717) is 35.3 Å². The summed E-state index contributed by atoms with van der Waals surface area (Å²) in [5.41, 5.74) is 10.5. The average Bonchev–Trinajstić information content (AvgIpc) is 4.59. The van der Waals surface area contributed by atoms with Crippen LogP contribution in [0.3, 0.4) is 0 Å². The van der Waals surface area contributed by atoms with E-state index < -0.39 is 11.5 Å².